The van der Waals surface area contributed by atoms with Gasteiger partial charge in [-0.3, -0.25) is 15.0 Å². The van der Waals surface area contributed by atoms with Gasteiger partial charge in [-0.05, 0) is 62.7 Å². The number of pyridine rings is 3. The van der Waals surface area contributed by atoms with Crippen LogP contribution in [-0.4, -0.2) is 64.5 Å². The summed E-state index contributed by atoms with van der Waals surface area (Å²) in [6.45, 7) is 11.4. The van der Waals surface area contributed by atoms with Crippen molar-refractivity contribution < 1.29 is 0 Å². The number of nitrogens with zero attached hydrogens (tertiary/aromatic N) is 5. The van der Waals surface area contributed by atoms with Crippen LogP contribution >= 0.6 is 0 Å². The molecule has 0 saturated heterocycles. The van der Waals surface area contributed by atoms with Crippen molar-refractivity contribution in [3.8, 4) is 0 Å². The molecule has 0 spiro atoms. The van der Waals surface area contributed by atoms with E-state index in [4.69, 9.17) is 0 Å². The lowest BCUT2D eigenvalue weighted by Gasteiger charge is -2.25. The lowest BCUT2D eigenvalue weighted by Crippen LogP contribution is -2.36. The maximum atomic E-state index is 4.59. The van der Waals surface area contributed by atoms with E-state index in [2.05, 4.69) is 89.0 Å². The molecule has 5 heteroatoms. The molecule has 0 N–H and O–H groups in total. The van der Waals surface area contributed by atoms with Gasteiger partial charge in [0.1, 0.15) is 0 Å². The van der Waals surface area contributed by atoms with Gasteiger partial charge >= 0.3 is 0 Å². The van der Waals surface area contributed by atoms with E-state index in [-0.39, 0.29) is 0 Å². The van der Waals surface area contributed by atoms with Crippen molar-refractivity contribution in [1.82, 2.24) is 24.8 Å². The van der Waals surface area contributed by atoms with Crippen LogP contribution < -0.4 is 0 Å². The molecule has 0 atom stereocenters. The van der Waals surface area contributed by atoms with Gasteiger partial charge < -0.3 is 9.80 Å². The summed E-state index contributed by atoms with van der Waals surface area (Å²) in [4.78, 5) is 18.7. The van der Waals surface area contributed by atoms with Crippen LogP contribution in [0.1, 0.15) is 33.8 Å². The van der Waals surface area contributed by atoms with Gasteiger partial charge in [-0.1, -0.05) is 18.2 Å². The molecule has 0 aliphatic carbocycles. The van der Waals surface area contributed by atoms with Crippen LogP contribution in [0.5, 0.6) is 0 Å². The van der Waals surface area contributed by atoms with Crippen molar-refractivity contribution in [1.29, 1.82) is 0 Å². The highest BCUT2D eigenvalue weighted by Gasteiger charge is 2.09. The van der Waals surface area contributed by atoms with Gasteiger partial charge in [0.2, 0.25) is 0 Å². The highest BCUT2D eigenvalue weighted by atomic mass is 15.2. The maximum Gasteiger partial charge on any atom is 0.0416 e. The first-order valence-electron chi connectivity index (χ1n) is 11.6. The summed E-state index contributed by atoms with van der Waals surface area (Å²) in [5.41, 5.74) is 7.11. The first-order valence-corrected chi connectivity index (χ1v) is 11.6. The molecule has 0 aromatic carbocycles. The normalized spacial score (nSPS) is 11.4. The fourth-order valence-electron chi connectivity index (χ4n) is 3.55. The van der Waals surface area contributed by atoms with Crippen molar-refractivity contribution in [2.75, 3.05) is 39.8 Å². The molecule has 3 rings (SSSR count). The standard InChI is InChI=1S/C27H37N5/c1-22-5-8-25(28-19-22)11-14-31(4)17-18-32(15-12-26-9-6-23(2)20-29-26)16-13-27-10-7-24(3)21-30-27/h5-10,19-21H,11-18H2,1-4H3. The molecule has 0 amide bonds. The first kappa shape index (κ1) is 24.0. The number of hydrogen-bond acceptors (Lipinski definition) is 5. The van der Waals surface area contributed by atoms with Crippen molar-refractivity contribution in [3.05, 3.63) is 88.8 Å². The molecule has 0 saturated carbocycles. The molecule has 170 valence electrons. The van der Waals surface area contributed by atoms with Crippen LogP contribution in [0.25, 0.3) is 0 Å². The monoisotopic (exact) mass is 431 g/mol. The molecule has 3 aromatic rings. The molecule has 3 heterocycles. The van der Waals surface area contributed by atoms with Crippen molar-refractivity contribution >= 4 is 0 Å². The summed E-state index contributed by atoms with van der Waals surface area (Å²) >= 11 is 0. The minimum absolute atomic E-state index is 0.971. The predicted octanol–water partition coefficient (Wildman–Crippen LogP) is 4.06. The lowest BCUT2D eigenvalue weighted by molar-refractivity contribution is 0.228. The largest absolute Gasteiger partial charge is 0.305 e. The molecule has 0 radical (unpaired) electrons. The van der Waals surface area contributed by atoms with Gasteiger partial charge in [-0.25, -0.2) is 0 Å². The molecular weight excluding hydrogens is 394 g/mol. The first-order chi connectivity index (χ1) is 15.5. The van der Waals surface area contributed by atoms with Crippen LogP contribution in [0, 0.1) is 20.8 Å². The fourth-order valence-corrected chi connectivity index (χ4v) is 3.55. The van der Waals surface area contributed by atoms with E-state index in [1.165, 1.54) is 16.7 Å². The van der Waals surface area contributed by atoms with E-state index in [0.717, 1.165) is 69.1 Å². The third-order valence-electron chi connectivity index (χ3n) is 5.83. The smallest absolute Gasteiger partial charge is 0.0416 e. The Morgan fingerprint density at radius 1 is 0.531 bits per heavy atom. The number of hydrogen-bond donors (Lipinski definition) is 0. The summed E-state index contributed by atoms with van der Waals surface area (Å²) in [5, 5.41) is 0. The SMILES string of the molecule is Cc1ccc(CCN(C)CCN(CCc2ccc(C)cn2)CCc2ccc(C)cn2)nc1. The minimum Gasteiger partial charge on any atom is -0.305 e. The second-order valence-electron chi connectivity index (χ2n) is 8.88. The summed E-state index contributed by atoms with van der Waals surface area (Å²) in [6, 6.07) is 12.9. The Morgan fingerprint density at radius 3 is 1.31 bits per heavy atom. The van der Waals surface area contributed by atoms with Crippen LogP contribution in [0.4, 0.5) is 0 Å². The Labute approximate surface area is 193 Å². The number of rotatable bonds is 12. The van der Waals surface area contributed by atoms with Crippen molar-refractivity contribution in [2.45, 2.75) is 40.0 Å². The Hall–Kier alpha value is -2.63. The Balaban J connectivity index is 1.50. The van der Waals surface area contributed by atoms with Gasteiger partial charge in [0.25, 0.3) is 0 Å². The van der Waals surface area contributed by atoms with Crippen LogP contribution in [0.3, 0.4) is 0 Å². The molecular formula is C27H37N5. The molecule has 0 unspecified atom stereocenters. The maximum absolute atomic E-state index is 4.59. The van der Waals surface area contributed by atoms with Crippen LogP contribution in [0.15, 0.2) is 55.0 Å². The van der Waals surface area contributed by atoms with Crippen LogP contribution in [-0.2, 0) is 19.3 Å². The highest BCUT2D eigenvalue weighted by molar-refractivity contribution is 5.14. The third kappa shape index (κ3) is 8.48. The zero-order valence-corrected chi connectivity index (χ0v) is 20.1. The Kier molecular flexibility index (Phi) is 9.32. The second kappa shape index (κ2) is 12.4. The Bertz CT molecular complexity index is 870. The van der Waals surface area contributed by atoms with Gasteiger partial charge in [0.15, 0.2) is 0 Å². The zero-order valence-electron chi connectivity index (χ0n) is 20.1. The fraction of sp³-hybridized carbons (Fsp3) is 0.444. The van der Waals surface area contributed by atoms with E-state index >= 15 is 0 Å². The number of aryl methyl sites for hydroxylation is 3. The average Bonchev–Trinajstić information content (AvgIpc) is 2.80. The van der Waals surface area contributed by atoms with E-state index in [0.29, 0.717) is 0 Å². The van der Waals surface area contributed by atoms with Gasteiger partial charge in [-0.15, -0.1) is 0 Å². The quantitative estimate of drug-likeness (QED) is 0.433. The molecule has 32 heavy (non-hydrogen) atoms. The van der Waals surface area contributed by atoms with E-state index in [9.17, 15) is 0 Å². The third-order valence-corrected chi connectivity index (χ3v) is 5.83. The van der Waals surface area contributed by atoms with Gasteiger partial charge in [0, 0.05) is 87.7 Å². The minimum atomic E-state index is 0.971. The highest BCUT2D eigenvalue weighted by Crippen LogP contribution is 2.05. The van der Waals surface area contributed by atoms with Crippen molar-refractivity contribution in [2.24, 2.45) is 0 Å². The number of aromatic nitrogens is 3. The van der Waals surface area contributed by atoms with E-state index < -0.39 is 0 Å². The van der Waals surface area contributed by atoms with E-state index in [1.54, 1.807) is 0 Å². The summed E-state index contributed by atoms with van der Waals surface area (Å²) < 4.78 is 0. The van der Waals surface area contributed by atoms with E-state index in [1.807, 2.05) is 18.6 Å². The zero-order chi connectivity index (χ0) is 22.8. The van der Waals surface area contributed by atoms with Crippen molar-refractivity contribution in [3.63, 3.8) is 0 Å². The lowest BCUT2D eigenvalue weighted by atomic mass is 10.2. The van der Waals surface area contributed by atoms with Crippen LogP contribution in [0.2, 0.25) is 0 Å². The summed E-state index contributed by atoms with van der Waals surface area (Å²) in [6.07, 6.45) is 8.80. The van der Waals surface area contributed by atoms with Gasteiger partial charge in [-0.2, -0.15) is 0 Å². The molecule has 0 aliphatic heterocycles. The number of likely N-dealkylation sites (N-methyl/N-ethyl adjacent to an activating group) is 1. The van der Waals surface area contributed by atoms with Gasteiger partial charge in [0.05, 0.1) is 0 Å². The average molecular weight is 432 g/mol. The molecule has 3 aromatic heterocycles. The summed E-state index contributed by atoms with van der Waals surface area (Å²) in [7, 11) is 2.20. The molecule has 0 bridgehead atoms. The molecule has 0 aliphatic rings. The predicted molar refractivity (Wildman–Crippen MR) is 132 cm³/mol. The molecule has 0 fully saturated rings. The molecule has 5 nitrogen and oxygen atoms in total. The second-order valence-corrected chi connectivity index (χ2v) is 8.88. The summed E-state index contributed by atoms with van der Waals surface area (Å²) in [5.74, 6) is 0. The topological polar surface area (TPSA) is 45.2 Å². The Morgan fingerprint density at radius 2 is 0.938 bits per heavy atom.